The molecule has 2 aromatic carbocycles. The summed E-state index contributed by atoms with van der Waals surface area (Å²) >= 11 is 1.57. The summed E-state index contributed by atoms with van der Waals surface area (Å²) in [5, 5.41) is 12.1. The van der Waals surface area contributed by atoms with Gasteiger partial charge in [0.25, 0.3) is 0 Å². The Hall–Kier alpha value is -3.19. The fraction of sp³-hybridized carbons (Fsp3) is 0.143. The highest BCUT2D eigenvalue weighted by Gasteiger charge is 2.11. The lowest BCUT2D eigenvalue weighted by molar-refractivity contribution is -0.116. The van der Waals surface area contributed by atoms with Gasteiger partial charge in [-0.05, 0) is 37.6 Å². The number of aryl methyl sites for hydroxylation is 1. The van der Waals surface area contributed by atoms with Gasteiger partial charge in [-0.1, -0.05) is 42.1 Å². The van der Waals surface area contributed by atoms with Crippen LogP contribution in [-0.4, -0.2) is 25.9 Å². The van der Waals surface area contributed by atoms with Gasteiger partial charge in [-0.25, -0.2) is 9.97 Å². The molecular formula is C21H19N5OS. The summed E-state index contributed by atoms with van der Waals surface area (Å²) < 4.78 is 0. The van der Waals surface area contributed by atoms with Gasteiger partial charge in [0.2, 0.25) is 5.95 Å². The molecule has 0 amide bonds. The van der Waals surface area contributed by atoms with Crippen LogP contribution in [0.3, 0.4) is 0 Å². The maximum Gasteiger partial charge on any atom is 0.230 e. The van der Waals surface area contributed by atoms with Gasteiger partial charge in [0, 0.05) is 28.5 Å². The van der Waals surface area contributed by atoms with Crippen LogP contribution in [0.5, 0.6) is 0 Å². The quantitative estimate of drug-likeness (QED) is 0.466. The number of carbonyl (C=O) groups is 1. The molecule has 0 spiro atoms. The van der Waals surface area contributed by atoms with Gasteiger partial charge >= 0.3 is 0 Å². The van der Waals surface area contributed by atoms with Crippen molar-refractivity contribution in [2.75, 3.05) is 5.32 Å². The third-order valence-corrected chi connectivity index (χ3v) is 5.12. The van der Waals surface area contributed by atoms with E-state index in [1.165, 1.54) is 0 Å². The second kappa shape index (κ2) is 7.82. The Kier molecular flexibility index (Phi) is 5.08. The number of benzene rings is 2. The van der Waals surface area contributed by atoms with E-state index in [-0.39, 0.29) is 5.78 Å². The van der Waals surface area contributed by atoms with Crippen LogP contribution in [0.4, 0.5) is 11.8 Å². The normalized spacial score (nSPS) is 10.9. The minimum absolute atomic E-state index is 0.159. The number of hydrogen-bond acceptors (Lipinski definition) is 6. The highest BCUT2D eigenvalue weighted by atomic mass is 32.2. The summed E-state index contributed by atoms with van der Waals surface area (Å²) in [5.74, 6) is 1.34. The van der Waals surface area contributed by atoms with Crippen molar-refractivity contribution in [3.05, 3.63) is 65.9 Å². The summed E-state index contributed by atoms with van der Waals surface area (Å²) in [6.07, 6.45) is 0.457. The number of para-hydroxylation sites is 1. The first-order valence-electron chi connectivity index (χ1n) is 8.89. The second-order valence-corrected chi connectivity index (χ2v) is 7.62. The molecule has 4 rings (SSSR count). The van der Waals surface area contributed by atoms with E-state index in [0.717, 1.165) is 32.1 Å². The van der Waals surface area contributed by atoms with Crippen molar-refractivity contribution in [2.24, 2.45) is 0 Å². The van der Waals surface area contributed by atoms with E-state index in [0.29, 0.717) is 18.2 Å². The van der Waals surface area contributed by atoms with Crippen LogP contribution in [0.15, 0.2) is 64.5 Å². The Morgan fingerprint density at radius 3 is 2.61 bits per heavy atom. The largest absolute Gasteiger partial charge is 0.307 e. The Morgan fingerprint density at radius 1 is 1.11 bits per heavy atom. The molecule has 0 aliphatic carbocycles. The number of H-pyrrole nitrogens is 1. The topological polar surface area (TPSA) is 83.6 Å². The SMILES string of the molecule is CC(=O)Cc1ccc(Sc2nc(Nc3cc(C)[nH]n3)nc3ccccc23)cc1. The van der Waals surface area contributed by atoms with Gasteiger partial charge in [-0.3, -0.25) is 9.89 Å². The molecule has 0 saturated heterocycles. The number of aromatic amines is 1. The highest BCUT2D eigenvalue weighted by Crippen LogP contribution is 2.33. The predicted octanol–water partition coefficient (Wildman–Crippen LogP) is 4.69. The number of aromatic nitrogens is 4. The lowest BCUT2D eigenvalue weighted by Crippen LogP contribution is -1.99. The molecule has 6 nitrogen and oxygen atoms in total. The monoisotopic (exact) mass is 389 g/mol. The number of carbonyl (C=O) groups excluding carboxylic acids is 1. The number of nitrogens with zero attached hydrogens (tertiary/aromatic N) is 3. The molecule has 140 valence electrons. The number of fused-ring (bicyclic) bond motifs is 1. The van der Waals surface area contributed by atoms with Crippen LogP contribution in [-0.2, 0) is 11.2 Å². The van der Waals surface area contributed by atoms with Gasteiger partial charge < -0.3 is 5.32 Å². The number of Topliss-reactive ketones (excluding diaryl/α,β-unsaturated/α-hetero) is 1. The highest BCUT2D eigenvalue weighted by molar-refractivity contribution is 7.99. The van der Waals surface area contributed by atoms with Gasteiger partial charge in [0.15, 0.2) is 5.82 Å². The van der Waals surface area contributed by atoms with Gasteiger partial charge in [0.05, 0.1) is 5.52 Å². The zero-order chi connectivity index (χ0) is 19.5. The molecule has 0 saturated carbocycles. The van der Waals surface area contributed by atoms with Crippen LogP contribution in [0, 0.1) is 6.92 Å². The lowest BCUT2D eigenvalue weighted by atomic mass is 10.1. The van der Waals surface area contributed by atoms with E-state index >= 15 is 0 Å². The van der Waals surface area contributed by atoms with Crippen LogP contribution in [0.2, 0.25) is 0 Å². The summed E-state index contributed by atoms with van der Waals surface area (Å²) in [6.45, 7) is 3.54. The van der Waals surface area contributed by atoms with Crippen molar-refractivity contribution in [1.82, 2.24) is 20.2 Å². The third kappa shape index (κ3) is 4.20. The first-order valence-corrected chi connectivity index (χ1v) is 9.70. The summed E-state index contributed by atoms with van der Waals surface area (Å²) in [7, 11) is 0. The number of hydrogen-bond donors (Lipinski definition) is 2. The van der Waals surface area contributed by atoms with Crippen molar-refractivity contribution in [3.63, 3.8) is 0 Å². The smallest absolute Gasteiger partial charge is 0.230 e. The van der Waals surface area contributed by atoms with Crippen LogP contribution in [0.1, 0.15) is 18.2 Å². The van der Waals surface area contributed by atoms with Crippen molar-refractivity contribution >= 4 is 40.2 Å². The van der Waals surface area contributed by atoms with Crippen LogP contribution in [0.25, 0.3) is 10.9 Å². The standard InChI is InChI=1S/C21H19N5OS/c1-13-11-19(26-25-13)23-21-22-18-6-4-3-5-17(18)20(24-21)28-16-9-7-15(8-10-16)12-14(2)27/h3-11H,12H2,1-2H3,(H2,22,23,24,25,26). The van der Waals surface area contributed by atoms with Gasteiger partial charge in [-0.15, -0.1) is 0 Å². The number of rotatable bonds is 6. The van der Waals surface area contributed by atoms with Crippen molar-refractivity contribution in [3.8, 4) is 0 Å². The molecular weight excluding hydrogens is 370 g/mol. The summed E-state index contributed by atoms with van der Waals surface area (Å²) in [6, 6.07) is 17.8. The minimum atomic E-state index is 0.159. The average Bonchev–Trinajstić information content (AvgIpc) is 3.07. The Morgan fingerprint density at radius 2 is 1.89 bits per heavy atom. The fourth-order valence-electron chi connectivity index (χ4n) is 2.85. The summed E-state index contributed by atoms with van der Waals surface area (Å²) in [4.78, 5) is 21.6. The van der Waals surface area contributed by atoms with Crippen molar-refractivity contribution < 1.29 is 4.79 Å². The van der Waals surface area contributed by atoms with Crippen molar-refractivity contribution in [1.29, 1.82) is 0 Å². The number of nitrogens with one attached hydrogen (secondary N) is 2. The molecule has 2 aromatic heterocycles. The first kappa shape index (κ1) is 18.2. The molecule has 28 heavy (non-hydrogen) atoms. The van der Waals surface area contributed by atoms with E-state index in [9.17, 15) is 4.79 Å². The molecule has 2 N–H and O–H groups in total. The van der Waals surface area contributed by atoms with Gasteiger partial charge in [-0.2, -0.15) is 5.10 Å². The molecule has 4 aromatic rings. The van der Waals surface area contributed by atoms with E-state index in [2.05, 4.69) is 20.5 Å². The molecule has 0 radical (unpaired) electrons. The van der Waals surface area contributed by atoms with E-state index in [4.69, 9.17) is 4.98 Å². The maximum absolute atomic E-state index is 11.3. The Labute approximate surface area is 166 Å². The van der Waals surface area contributed by atoms with Crippen molar-refractivity contribution in [2.45, 2.75) is 30.2 Å². The second-order valence-electron chi connectivity index (χ2n) is 6.56. The molecule has 0 bridgehead atoms. The molecule has 2 heterocycles. The zero-order valence-electron chi connectivity index (χ0n) is 15.6. The Bertz CT molecular complexity index is 1140. The molecule has 7 heteroatoms. The zero-order valence-corrected chi connectivity index (χ0v) is 16.4. The Balaban J connectivity index is 1.65. The molecule has 0 aliphatic rings. The number of anilines is 2. The van der Waals surface area contributed by atoms with E-state index in [1.54, 1.807) is 18.7 Å². The predicted molar refractivity (Wildman–Crippen MR) is 111 cm³/mol. The molecule has 0 aliphatic heterocycles. The molecule has 0 unspecified atom stereocenters. The summed E-state index contributed by atoms with van der Waals surface area (Å²) in [5.41, 5.74) is 2.84. The third-order valence-electron chi connectivity index (χ3n) is 4.11. The maximum atomic E-state index is 11.3. The number of ketones is 1. The van der Waals surface area contributed by atoms with E-state index in [1.807, 2.05) is 61.5 Å². The lowest BCUT2D eigenvalue weighted by Gasteiger charge is -2.09. The molecule has 0 atom stereocenters. The molecule has 0 fully saturated rings. The van der Waals surface area contributed by atoms with Crippen LogP contribution < -0.4 is 5.32 Å². The van der Waals surface area contributed by atoms with E-state index < -0.39 is 0 Å². The first-order chi connectivity index (χ1) is 13.6. The average molecular weight is 389 g/mol. The fourth-order valence-corrected chi connectivity index (χ4v) is 3.76. The van der Waals surface area contributed by atoms with Crippen LogP contribution >= 0.6 is 11.8 Å². The van der Waals surface area contributed by atoms with Gasteiger partial charge in [0.1, 0.15) is 10.8 Å². The minimum Gasteiger partial charge on any atom is -0.307 e.